The molecule has 1 aromatic carbocycles. The van der Waals surface area contributed by atoms with Gasteiger partial charge in [0.25, 0.3) is 5.91 Å². The van der Waals surface area contributed by atoms with Crippen LogP contribution in [0.5, 0.6) is 0 Å². The van der Waals surface area contributed by atoms with E-state index in [9.17, 15) is 9.59 Å². The average Bonchev–Trinajstić information content (AvgIpc) is 3.48. The zero-order valence-corrected chi connectivity index (χ0v) is 15.7. The second-order valence-electron chi connectivity index (χ2n) is 6.89. The Morgan fingerprint density at radius 3 is 2.71 bits per heavy atom. The Bertz CT molecular complexity index is 995. The van der Waals surface area contributed by atoms with Crippen molar-refractivity contribution in [1.82, 2.24) is 19.7 Å². The minimum absolute atomic E-state index is 0.0252. The molecule has 4 rings (SSSR count). The molecule has 0 spiro atoms. The van der Waals surface area contributed by atoms with Crippen molar-refractivity contribution in [2.24, 2.45) is 0 Å². The predicted octanol–water partition coefficient (Wildman–Crippen LogP) is 2.65. The van der Waals surface area contributed by atoms with Crippen LogP contribution in [0.3, 0.4) is 0 Å². The number of amides is 1. The van der Waals surface area contributed by atoms with Crippen LogP contribution in [0.2, 0.25) is 0 Å². The van der Waals surface area contributed by atoms with Gasteiger partial charge in [-0.3, -0.25) is 9.59 Å². The van der Waals surface area contributed by atoms with E-state index in [0.29, 0.717) is 18.7 Å². The van der Waals surface area contributed by atoms with Crippen LogP contribution in [0.1, 0.15) is 35.7 Å². The molecule has 28 heavy (non-hydrogen) atoms. The van der Waals surface area contributed by atoms with Crippen LogP contribution >= 0.6 is 0 Å². The first-order valence-corrected chi connectivity index (χ1v) is 9.48. The summed E-state index contributed by atoms with van der Waals surface area (Å²) in [5, 5.41) is 5.21. The van der Waals surface area contributed by atoms with Crippen molar-refractivity contribution in [1.29, 1.82) is 0 Å². The van der Waals surface area contributed by atoms with Gasteiger partial charge < -0.3 is 9.64 Å². The molecule has 2 aromatic heterocycles. The highest BCUT2D eigenvalue weighted by Gasteiger charge is 2.35. The van der Waals surface area contributed by atoms with Gasteiger partial charge in [0, 0.05) is 17.6 Å². The summed E-state index contributed by atoms with van der Waals surface area (Å²) in [6, 6.07) is 11.9. The Morgan fingerprint density at radius 1 is 1.21 bits per heavy atom. The van der Waals surface area contributed by atoms with Crippen LogP contribution in [-0.4, -0.2) is 50.7 Å². The SMILES string of the molecule is CCOC(=O)CN(C(=O)c1cnc2c(cnn2Cc2ccccc2)c1)C1CC1. The standard InChI is InChI=1S/C21H22N4O3/c1-2-28-19(26)14-24(18-8-9-18)21(27)17-10-16-12-23-25(20(16)22-11-17)13-15-6-4-3-5-7-15/h3-7,10-12,18H,2,8-9,13-14H2,1H3. The third kappa shape index (κ3) is 3.88. The summed E-state index contributed by atoms with van der Waals surface area (Å²) in [4.78, 5) is 30.9. The first-order chi connectivity index (χ1) is 13.7. The number of benzene rings is 1. The summed E-state index contributed by atoms with van der Waals surface area (Å²) in [6.07, 6.45) is 5.11. The number of rotatable bonds is 7. The van der Waals surface area contributed by atoms with E-state index in [0.717, 1.165) is 29.4 Å². The van der Waals surface area contributed by atoms with Crippen LogP contribution in [0.25, 0.3) is 11.0 Å². The van der Waals surface area contributed by atoms with Crippen LogP contribution in [0.15, 0.2) is 48.8 Å². The van der Waals surface area contributed by atoms with Gasteiger partial charge in [-0.2, -0.15) is 5.10 Å². The van der Waals surface area contributed by atoms with Gasteiger partial charge in [-0.1, -0.05) is 30.3 Å². The summed E-state index contributed by atoms with van der Waals surface area (Å²) >= 11 is 0. The molecule has 3 aromatic rings. The number of esters is 1. The Balaban J connectivity index is 1.55. The van der Waals surface area contributed by atoms with Gasteiger partial charge >= 0.3 is 5.97 Å². The van der Waals surface area contributed by atoms with Crippen LogP contribution in [-0.2, 0) is 16.1 Å². The fourth-order valence-corrected chi connectivity index (χ4v) is 3.23. The van der Waals surface area contributed by atoms with Gasteiger partial charge in [-0.15, -0.1) is 0 Å². The fraction of sp³-hybridized carbons (Fsp3) is 0.333. The number of nitrogens with zero attached hydrogens (tertiary/aromatic N) is 4. The van der Waals surface area contributed by atoms with Crippen LogP contribution < -0.4 is 0 Å². The second kappa shape index (κ2) is 7.80. The highest BCUT2D eigenvalue weighted by Crippen LogP contribution is 2.28. The average molecular weight is 378 g/mol. The number of aromatic nitrogens is 3. The molecular weight excluding hydrogens is 356 g/mol. The molecule has 1 amide bonds. The van der Waals surface area contributed by atoms with Gasteiger partial charge in [0.15, 0.2) is 5.65 Å². The molecule has 1 fully saturated rings. The third-order valence-corrected chi connectivity index (χ3v) is 4.75. The number of ether oxygens (including phenoxy) is 1. The first kappa shape index (κ1) is 18.2. The number of hydrogen-bond donors (Lipinski definition) is 0. The number of hydrogen-bond acceptors (Lipinski definition) is 5. The highest BCUT2D eigenvalue weighted by molar-refractivity contribution is 5.98. The van der Waals surface area contributed by atoms with Crippen molar-refractivity contribution < 1.29 is 14.3 Å². The Hall–Kier alpha value is -3.22. The topological polar surface area (TPSA) is 77.3 Å². The zero-order chi connectivity index (χ0) is 19.5. The van der Waals surface area contributed by atoms with Crippen molar-refractivity contribution in [2.75, 3.05) is 13.2 Å². The molecule has 0 saturated heterocycles. The molecule has 1 aliphatic carbocycles. The second-order valence-corrected chi connectivity index (χ2v) is 6.89. The van der Waals surface area contributed by atoms with Gasteiger partial charge in [0.2, 0.25) is 0 Å². The van der Waals surface area contributed by atoms with E-state index < -0.39 is 0 Å². The smallest absolute Gasteiger partial charge is 0.325 e. The van der Waals surface area contributed by atoms with E-state index >= 15 is 0 Å². The van der Waals surface area contributed by atoms with Gasteiger partial charge in [0.05, 0.1) is 24.9 Å². The predicted molar refractivity (Wildman–Crippen MR) is 104 cm³/mol. The number of carbonyl (C=O) groups excluding carboxylic acids is 2. The largest absolute Gasteiger partial charge is 0.465 e. The summed E-state index contributed by atoms with van der Waals surface area (Å²) in [5.41, 5.74) is 2.32. The molecular formula is C21H22N4O3. The lowest BCUT2D eigenvalue weighted by Gasteiger charge is -2.21. The maximum absolute atomic E-state index is 13.0. The van der Waals surface area contributed by atoms with Crippen molar-refractivity contribution in [3.8, 4) is 0 Å². The highest BCUT2D eigenvalue weighted by atomic mass is 16.5. The molecule has 1 aliphatic rings. The maximum Gasteiger partial charge on any atom is 0.325 e. The minimum Gasteiger partial charge on any atom is -0.465 e. The molecule has 1 saturated carbocycles. The number of carbonyl (C=O) groups is 2. The van der Waals surface area contributed by atoms with Gasteiger partial charge in [0.1, 0.15) is 6.54 Å². The van der Waals surface area contributed by atoms with E-state index in [1.807, 2.05) is 35.0 Å². The summed E-state index contributed by atoms with van der Waals surface area (Å²) < 4.78 is 6.82. The van der Waals surface area contributed by atoms with E-state index in [1.54, 1.807) is 30.3 Å². The molecule has 7 nitrogen and oxygen atoms in total. The molecule has 0 radical (unpaired) electrons. The first-order valence-electron chi connectivity index (χ1n) is 9.48. The Kier molecular flexibility index (Phi) is 5.06. The van der Waals surface area contributed by atoms with Gasteiger partial charge in [-0.25, -0.2) is 9.67 Å². The Labute approximate surface area is 162 Å². The quantitative estimate of drug-likeness (QED) is 0.591. The zero-order valence-electron chi connectivity index (χ0n) is 15.7. The monoisotopic (exact) mass is 378 g/mol. The number of fused-ring (bicyclic) bond motifs is 1. The molecule has 144 valence electrons. The molecule has 2 heterocycles. The van der Waals surface area contributed by atoms with Crippen molar-refractivity contribution in [2.45, 2.75) is 32.4 Å². The summed E-state index contributed by atoms with van der Waals surface area (Å²) in [5.74, 6) is -0.576. The molecule has 7 heteroatoms. The third-order valence-electron chi connectivity index (χ3n) is 4.75. The molecule has 0 bridgehead atoms. The fourth-order valence-electron chi connectivity index (χ4n) is 3.23. The summed E-state index contributed by atoms with van der Waals surface area (Å²) in [7, 11) is 0. The Morgan fingerprint density at radius 2 is 2.00 bits per heavy atom. The van der Waals surface area contributed by atoms with E-state index in [1.165, 1.54) is 0 Å². The van der Waals surface area contributed by atoms with E-state index in [-0.39, 0.29) is 24.5 Å². The van der Waals surface area contributed by atoms with E-state index in [4.69, 9.17) is 4.74 Å². The lowest BCUT2D eigenvalue weighted by Crippen LogP contribution is -2.38. The number of pyridine rings is 1. The lowest BCUT2D eigenvalue weighted by molar-refractivity contribution is -0.144. The van der Waals surface area contributed by atoms with Crippen molar-refractivity contribution >= 4 is 22.9 Å². The van der Waals surface area contributed by atoms with Crippen molar-refractivity contribution in [3.63, 3.8) is 0 Å². The van der Waals surface area contributed by atoms with Crippen LogP contribution in [0.4, 0.5) is 0 Å². The van der Waals surface area contributed by atoms with Crippen molar-refractivity contribution in [3.05, 3.63) is 59.9 Å². The molecule has 0 atom stereocenters. The summed E-state index contributed by atoms with van der Waals surface area (Å²) in [6.45, 7) is 2.65. The van der Waals surface area contributed by atoms with E-state index in [2.05, 4.69) is 10.1 Å². The van der Waals surface area contributed by atoms with Gasteiger partial charge in [-0.05, 0) is 31.4 Å². The maximum atomic E-state index is 13.0. The lowest BCUT2D eigenvalue weighted by atomic mass is 10.2. The molecule has 0 N–H and O–H groups in total. The van der Waals surface area contributed by atoms with Crippen LogP contribution in [0, 0.1) is 0 Å². The molecule has 0 unspecified atom stereocenters. The minimum atomic E-state index is -0.382. The molecule has 0 aliphatic heterocycles. The normalized spacial score (nSPS) is 13.5.